The zero-order valence-corrected chi connectivity index (χ0v) is 58.3. The lowest BCUT2D eigenvalue weighted by atomic mass is 9.67. The Balaban J connectivity index is 0.667. The summed E-state index contributed by atoms with van der Waals surface area (Å²) in [4.78, 5) is 0. The third-order valence-corrected chi connectivity index (χ3v) is 22.7. The monoisotopic (exact) mass is 1280 g/mol. The summed E-state index contributed by atoms with van der Waals surface area (Å²) < 4.78 is 65.3. The molecule has 15 heteroatoms. The van der Waals surface area contributed by atoms with Crippen LogP contribution in [0.4, 0.5) is 0 Å². The highest BCUT2D eigenvalue weighted by Crippen LogP contribution is 2.56. The van der Waals surface area contributed by atoms with E-state index in [-0.39, 0.29) is 23.4 Å². The first-order valence-corrected chi connectivity index (χ1v) is 35.6. The van der Waals surface area contributed by atoms with Crippen LogP contribution in [-0.2, 0) is 58.4 Å². The molecule has 0 radical (unpaired) electrons. The van der Waals surface area contributed by atoms with E-state index in [1.54, 1.807) is 21.3 Å². The first kappa shape index (κ1) is 65.6. The zero-order chi connectivity index (χ0) is 66.3. The molecule has 3 saturated heterocycles. The van der Waals surface area contributed by atoms with Crippen LogP contribution in [0, 0.1) is 10.8 Å². The Bertz CT molecular complexity index is 4650. The van der Waals surface area contributed by atoms with Crippen LogP contribution in [-0.4, -0.2) is 101 Å². The summed E-state index contributed by atoms with van der Waals surface area (Å²) in [6, 6.07) is 54.3. The molecule has 96 heavy (non-hydrogen) atoms. The van der Waals surface area contributed by atoms with E-state index in [1.807, 2.05) is 0 Å². The van der Waals surface area contributed by atoms with Gasteiger partial charge in [-0.05, 0) is 177 Å². The van der Waals surface area contributed by atoms with Crippen molar-refractivity contribution in [2.24, 2.45) is 10.8 Å². The van der Waals surface area contributed by atoms with Crippen molar-refractivity contribution in [1.29, 1.82) is 0 Å². The summed E-state index contributed by atoms with van der Waals surface area (Å²) in [7, 11) is 2.57. The smallest absolute Gasteiger partial charge is 0.410 e. The van der Waals surface area contributed by atoms with Gasteiger partial charge in [-0.15, -0.1) is 0 Å². The van der Waals surface area contributed by atoms with Gasteiger partial charge in [0.15, 0.2) is 0 Å². The molecule has 0 aromatic heterocycles. The number of unbranched alkanes of at least 4 members (excludes halogenated alkanes) is 6. The van der Waals surface area contributed by atoms with Crippen molar-refractivity contribution in [2.75, 3.05) is 54.4 Å². The highest BCUT2D eigenvalue weighted by atomic mass is 16.7. The molecule has 490 valence electrons. The highest BCUT2D eigenvalue weighted by Gasteiger charge is 2.55. The minimum atomic E-state index is -0.692. The number of hydrogen-bond acceptors (Lipinski definition) is 10. The normalized spacial score (nSPS) is 19.0. The lowest BCUT2D eigenvalue weighted by Crippen LogP contribution is -2.49. The SMILES string of the molecule is CCCCCCC1(CCCCCC)c2cc(B3OCC(C)(Cc4cc5ccc(B6OC(C)(C)C(C)(CCOB(OC)c7ccc8ccc9c(B(OC)OC)ccc%10ccc7c8c%109)O6)c6ccc7cccc4c7c56)CO3)ccc2-c2ccc3cc(B4OCC(C)(C)CO4)ccc3c21. The van der Waals surface area contributed by atoms with Gasteiger partial charge in [0, 0.05) is 70.6 Å². The fraction of sp³-hybridized carbons (Fsp3) is 0.407. The lowest BCUT2D eigenvalue weighted by Gasteiger charge is -2.37. The van der Waals surface area contributed by atoms with E-state index >= 15 is 0 Å². The third kappa shape index (κ3) is 11.5. The standard InChI is InChI=1S/C81H91B5O10/c1-12-14-16-18-41-81(42-19-17-15-13-2)68-47-60(31-37-63(68)64-32-26-56-46-59(30-36-62(56)76(64)81)82-91-49-77(3,4)50-92-82)83-93-51-79(7,52-94-83)48-58-45-57-29-40-71(67-33-23-53-21-20-22-61(58)72(53)75(57)67)86-95-78(5,6)80(8,96-86)43-44-90-85(89-11)70-39-28-55-24-34-65-69(84(87-9)88-10)38-27-54-25-35-66(70)74(55)73(54)65/h20-40,45-47H,12-19,41-44,48-52H2,1-11H3. The maximum atomic E-state index is 7.17. The molecule has 0 saturated carbocycles. The van der Waals surface area contributed by atoms with Crippen LogP contribution in [0.5, 0.6) is 0 Å². The van der Waals surface area contributed by atoms with E-state index in [1.165, 1.54) is 128 Å². The Morgan fingerprint density at radius 3 is 1.65 bits per heavy atom. The van der Waals surface area contributed by atoms with E-state index in [0.717, 1.165) is 73.5 Å². The summed E-state index contributed by atoms with van der Waals surface area (Å²) in [6.07, 6.45) is 13.4. The average molecular weight is 1280 g/mol. The van der Waals surface area contributed by atoms with E-state index < -0.39 is 39.7 Å². The van der Waals surface area contributed by atoms with Gasteiger partial charge in [0.1, 0.15) is 0 Å². The summed E-state index contributed by atoms with van der Waals surface area (Å²) in [6.45, 7) is 20.7. The third-order valence-electron chi connectivity index (χ3n) is 22.7. The second-order valence-electron chi connectivity index (χ2n) is 30.4. The van der Waals surface area contributed by atoms with Crippen molar-refractivity contribution in [2.45, 2.75) is 149 Å². The first-order valence-electron chi connectivity index (χ1n) is 35.6. The average Bonchev–Trinajstić information content (AvgIpc) is 1.45. The maximum Gasteiger partial charge on any atom is 0.495 e. The molecule has 3 fully saturated rings. The summed E-state index contributed by atoms with van der Waals surface area (Å²) in [5.41, 5.74) is 10.4. The number of rotatable bonds is 24. The molecule has 0 spiro atoms. The predicted molar refractivity (Wildman–Crippen MR) is 401 cm³/mol. The van der Waals surface area contributed by atoms with E-state index in [2.05, 4.69) is 201 Å². The predicted octanol–water partition coefficient (Wildman–Crippen LogP) is 15.3. The number of benzene rings is 11. The largest absolute Gasteiger partial charge is 0.495 e. The van der Waals surface area contributed by atoms with Gasteiger partial charge in [-0.3, -0.25) is 0 Å². The highest BCUT2D eigenvalue weighted by molar-refractivity contribution is 6.67. The van der Waals surface area contributed by atoms with Crippen molar-refractivity contribution >= 4 is 138 Å². The van der Waals surface area contributed by atoms with Crippen molar-refractivity contribution in [3.05, 3.63) is 162 Å². The van der Waals surface area contributed by atoms with Crippen molar-refractivity contribution in [1.82, 2.24) is 0 Å². The minimum Gasteiger partial charge on any atom is -0.410 e. The van der Waals surface area contributed by atoms with Gasteiger partial charge in [-0.25, -0.2) is 0 Å². The fourth-order valence-electron chi connectivity index (χ4n) is 17.2. The van der Waals surface area contributed by atoms with E-state index in [0.29, 0.717) is 39.5 Å². The van der Waals surface area contributed by atoms with Gasteiger partial charge in [-0.1, -0.05) is 232 Å². The molecular weight excluding hydrogens is 1190 g/mol. The van der Waals surface area contributed by atoms with Gasteiger partial charge < -0.3 is 46.5 Å². The van der Waals surface area contributed by atoms with Crippen LogP contribution in [0.1, 0.15) is 143 Å². The van der Waals surface area contributed by atoms with Gasteiger partial charge in [0.05, 0.1) is 11.2 Å². The van der Waals surface area contributed by atoms with Crippen LogP contribution in [0.25, 0.3) is 86.5 Å². The summed E-state index contributed by atoms with van der Waals surface area (Å²) in [5.74, 6) is 0. The molecule has 1 unspecified atom stereocenters. The molecule has 1 aliphatic carbocycles. The quantitative estimate of drug-likeness (QED) is 0.0331. The van der Waals surface area contributed by atoms with E-state index in [9.17, 15) is 0 Å². The molecule has 0 amide bonds. The van der Waals surface area contributed by atoms with Crippen molar-refractivity contribution < 1.29 is 46.5 Å². The zero-order valence-electron chi connectivity index (χ0n) is 58.3. The first-order chi connectivity index (χ1) is 46.5. The molecule has 3 heterocycles. The molecule has 1 atom stereocenters. The summed E-state index contributed by atoms with van der Waals surface area (Å²) in [5, 5.41) is 16.7. The van der Waals surface area contributed by atoms with Crippen LogP contribution in [0.3, 0.4) is 0 Å². The van der Waals surface area contributed by atoms with Crippen LogP contribution in [0.15, 0.2) is 146 Å². The van der Waals surface area contributed by atoms with Crippen LogP contribution < -0.4 is 27.3 Å². The molecule has 4 aliphatic rings. The van der Waals surface area contributed by atoms with Crippen LogP contribution in [0.2, 0.25) is 0 Å². The van der Waals surface area contributed by atoms with Crippen LogP contribution >= 0.6 is 0 Å². The molecule has 15 rings (SSSR count). The Morgan fingerprint density at radius 2 is 0.990 bits per heavy atom. The Morgan fingerprint density at radius 1 is 0.448 bits per heavy atom. The summed E-state index contributed by atoms with van der Waals surface area (Å²) >= 11 is 0. The molecule has 10 nitrogen and oxygen atoms in total. The second kappa shape index (κ2) is 26.1. The van der Waals surface area contributed by atoms with Crippen molar-refractivity contribution in [3.8, 4) is 11.1 Å². The lowest BCUT2D eigenvalue weighted by molar-refractivity contribution is -0.0248. The Kier molecular flexibility index (Phi) is 17.8. The maximum absolute atomic E-state index is 7.17. The van der Waals surface area contributed by atoms with Gasteiger partial charge in [-0.2, -0.15) is 0 Å². The second-order valence-corrected chi connectivity index (χ2v) is 30.4. The van der Waals surface area contributed by atoms with Gasteiger partial charge in [0.2, 0.25) is 0 Å². The Hall–Kier alpha value is -6.32. The van der Waals surface area contributed by atoms with Crippen molar-refractivity contribution in [3.63, 3.8) is 0 Å². The molecular formula is C81H91B5O10. The molecule has 11 aromatic carbocycles. The number of hydrogen-bond donors (Lipinski definition) is 0. The fourth-order valence-corrected chi connectivity index (χ4v) is 17.2. The van der Waals surface area contributed by atoms with Gasteiger partial charge >= 0.3 is 35.6 Å². The topological polar surface area (TPSA) is 92.3 Å². The number of fused-ring (bicyclic) bond motifs is 5. The molecule has 0 bridgehead atoms. The van der Waals surface area contributed by atoms with Gasteiger partial charge in [0.25, 0.3) is 0 Å². The minimum absolute atomic E-state index is 0.00816. The van der Waals surface area contributed by atoms with E-state index in [4.69, 9.17) is 46.5 Å². The molecule has 0 N–H and O–H groups in total. The molecule has 3 aliphatic heterocycles. The molecule has 11 aromatic rings. The Labute approximate surface area is 569 Å².